The van der Waals surface area contributed by atoms with Crippen LogP contribution in [0.25, 0.3) is 0 Å². The number of rotatable bonds is 6. The highest BCUT2D eigenvalue weighted by molar-refractivity contribution is 6.36. The van der Waals surface area contributed by atoms with Crippen LogP contribution in [0.15, 0.2) is 30.3 Å². The number of phenolic OH excluding ortho intramolecular Hbond substituents is 1. The number of hydrogen-bond acceptors (Lipinski definition) is 3. The number of amides is 1. The fraction of sp³-hybridized carbons (Fsp3) is 0.263. The minimum atomic E-state index is -1.22. The van der Waals surface area contributed by atoms with Gasteiger partial charge in [-0.3, -0.25) is 9.59 Å². The van der Waals surface area contributed by atoms with E-state index in [2.05, 4.69) is 5.32 Å². The molecule has 0 aliphatic carbocycles. The molecule has 0 bridgehead atoms. The molecular weight excluding hydrogens is 377 g/mol. The number of phenols is 1. The largest absolute Gasteiger partial charge is 0.508 e. The van der Waals surface area contributed by atoms with Gasteiger partial charge in [0.25, 0.3) is 0 Å². The van der Waals surface area contributed by atoms with E-state index in [0.717, 1.165) is 11.1 Å². The van der Waals surface area contributed by atoms with Crippen molar-refractivity contribution < 1.29 is 19.8 Å². The summed E-state index contributed by atoms with van der Waals surface area (Å²) in [4.78, 5) is 22.1. The Bertz CT molecular complexity index is 826. The molecule has 0 aromatic heterocycles. The highest BCUT2D eigenvalue weighted by Crippen LogP contribution is 2.33. The summed E-state index contributed by atoms with van der Waals surface area (Å²) in [6.07, 6.45) is -0.177. The summed E-state index contributed by atoms with van der Waals surface area (Å²) >= 11 is 12.6. The van der Waals surface area contributed by atoms with Crippen LogP contribution in [0, 0.1) is 0 Å². The molecule has 0 aliphatic heterocycles. The molecule has 3 N–H and O–H groups in total. The lowest BCUT2D eigenvalue weighted by atomic mass is 9.96. The van der Waals surface area contributed by atoms with Crippen LogP contribution in [0.2, 0.25) is 10.0 Å². The highest BCUT2D eigenvalue weighted by atomic mass is 35.5. The van der Waals surface area contributed by atoms with Crippen molar-refractivity contribution in [3.63, 3.8) is 0 Å². The lowest BCUT2D eigenvalue weighted by Gasteiger charge is -2.13. The van der Waals surface area contributed by atoms with E-state index in [4.69, 9.17) is 28.3 Å². The fourth-order valence-corrected chi connectivity index (χ4v) is 3.19. The van der Waals surface area contributed by atoms with Crippen LogP contribution in [0.5, 0.6) is 5.75 Å². The third kappa shape index (κ3) is 5.13. The Morgan fingerprint density at radius 1 is 1.12 bits per heavy atom. The molecule has 2 aromatic carbocycles. The Labute approximate surface area is 161 Å². The monoisotopic (exact) mass is 395 g/mol. The van der Waals surface area contributed by atoms with Gasteiger partial charge in [0.15, 0.2) is 0 Å². The third-order valence-electron chi connectivity index (χ3n) is 3.83. The summed E-state index contributed by atoms with van der Waals surface area (Å²) in [5.74, 6) is -1.45. The summed E-state index contributed by atoms with van der Waals surface area (Å²) in [5.41, 5.74) is 2.80. The van der Waals surface area contributed by atoms with E-state index in [-0.39, 0.29) is 11.7 Å². The number of hydrogen-bond donors (Lipinski definition) is 3. The van der Waals surface area contributed by atoms with Crippen LogP contribution < -0.4 is 5.32 Å². The molecule has 26 heavy (non-hydrogen) atoms. The normalized spacial score (nSPS) is 10.8. The molecule has 7 heteroatoms. The zero-order chi connectivity index (χ0) is 19.4. The number of aliphatic carboxylic acids is 1. The number of aromatic hydroxyl groups is 1. The highest BCUT2D eigenvalue weighted by Gasteiger charge is 2.14. The van der Waals surface area contributed by atoms with Crippen molar-refractivity contribution in [2.75, 3.05) is 5.32 Å². The molecule has 0 fully saturated rings. The molecule has 0 unspecified atom stereocenters. The number of carboxylic acids is 1. The average molecular weight is 396 g/mol. The van der Waals surface area contributed by atoms with Gasteiger partial charge in [-0.15, -0.1) is 0 Å². The Morgan fingerprint density at radius 3 is 2.27 bits per heavy atom. The van der Waals surface area contributed by atoms with Gasteiger partial charge < -0.3 is 15.5 Å². The first-order valence-electron chi connectivity index (χ1n) is 7.98. The van der Waals surface area contributed by atoms with Crippen molar-refractivity contribution in [3.05, 3.63) is 57.1 Å². The van der Waals surface area contributed by atoms with Crippen molar-refractivity contribution in [1.82, 2.24) is 0 Å². The summed E-state index contributed by atoms with van der Waals surface area (Å²) in [6.45, 7) is 3.99. The second-order valence-corrected chi connectivity index (χ2v) is 7.08. The van der Waals surface area contributed by atoms with Crippen molar-refractivity contribution in [2.24, 2.45) is 0 Å². The number of carboxylic acid groups (broad SMARTS) is 1. The maximum absolute atomic E-state index is 11.6. The van der Waals surface area contributed by atoms with E-state index in [1.165, 1.54) is 12.1 Å². The second-order valence-electron chi connectivity index (χ2n) is 6.26. The van der Waals surface area contributed by atoms with Crippen LogP contribution in [0.1, 0.15) is 42.9 Å². The van der Waals surface area contributed by atoms with E-state index >= 15 is 0 Å². The Kier molecular flexibility index (Phi) is 6.51. The standard InChI is InChI=1S/C19H19Cl2NO4/c1-10(2)13-5-11(3-4-17(13)23)6-14-15(20)7-12(8-16(14)21)22-18(24)9-19(25)26/h3-5,7-8,10,23H,6,9H2,1-2H3,(H,22,24)(H,25,26). The van der Waals surface area contributed by atoms with Crippen molar-refractivity contribution in [3.8, 4) is 5.75 Å². The zero-order valence-corrected chi connectivity index (χ0v) is 15.9. The summed E-state index contributed by atoms with van der Waals surface area (Å²) < 4.78 is 0. The van der Waals surface area contributed by atoms with Gasteiger partial charge in [0, 0.05) is 22.2 Å². The number of benzene rings is 2. The molecular formula is C19H19Cl2NO4. The topological polar surface area (TPSA) is 86.6 Å². The quantitative estimate of drug-likeness (QED) is 0.611. The molecule has 0 spiro atoms. The van der Waals surface area contributed by atoms with Gasteiger partial charge >= 0.3 is 5.97 Å². The van der Waals surface area contributed by atoms with E-state index in [9.17, 15) is 14.7 Å². The molecule has 138 valence electrons. The Morgan fingerprint density at radius 2 is 1.73 bits per heavy atom. The smallest absolute Gasteiger partial charge is 0.312 e. The minimum absolute atomic E-state index is 0.174. The number of halogens is 2. The summed E-state index contributed by atoms with van der Waals surface area (Å²) in [6, 6.07) is 8.43. The maximum atomic E-state index is 11.6. The predicted molar refractivity (Wildman–Crippen MR) is 102 cm³/mol. The number of carbonyl (C=O) groups excluding carboxylic acids is 1. The van der Waals surface area contributed by atoms with Crippen molar-refractivity contribution in [1.29, 1.82) is 0 Å². The fourth-order valence-electron chi connectivity index (χ4n) is 2.57. The van der Waals surface area contributed by atoms with Gasteiger partial charge in [-0.1, -0.05) is 49.2 Å². The SMILES string of the molecule is CC(C)c1cc(Cc2c(Cl)cc(NC(=O)CC(=O)O)cc2Cl)ccc1O. The van der Waals surface area contributed by atoms with E-state index < -0.39 is 18.3 Å². The Hall–Kier alpha value is -2.24. The van der Waals surface area contributed by atoms with E-state index in [1.54, 1.807) is 12.1 Å². The third-order valence-corrected chi connectivity index (χ3v) is 4.51. The van der Waals surface area contributed by atoms with E-state index in [1.807, 2.05) is 19.9 Å². The maximum Gasteiger partial charge on any atom is 0.312 e. The first-order chi connectivity index (χ1) is 12.2. The van der Waals surface area contributed by atoms with Crippen LogP contribution in [-0.2, 0) is 16.0 Å². The Balaban J connectivity index is 2.25. The van der Waals surface area contributed by atoms with Crippen LogP contribution in [-0.4, -0.2) is 22.1 Å². The molecule has 0 atom stereocenters. The number of anilines is 1. The molecule has 0 saturated heterocycles. The average Bonchev–Trinajstić information content (AvgIpc) is 2.51. The summed E-state index contributed by atoms with van der Waals surface area (Å²) in [7, 11) is 0. The molecule has 2 rings (SSSR count). The van der Waals surface area contributed by atoms with Crippen LogP contribution >= 0.6 is 23.2 Å². The summed E-state index contributed by atoms with van der Waals surface area (Å²) in [5, 5.41) is 21.7. The first-order valence-corrected chi connectivity index (χ1v) is 8.74. The van der Waals surface area contributed by atoms with Crippen molar-refractivity contribution >= 4 is 40.8 Å². The molecule has 2 aromatic rings. The molecule has 0 heterocycles. The molecule has 0 radical (unpaired) electrons. The molecule has 0 aliphatic rings. The number of nitrogens with one attached hydrogen (secondary N) is 1. The predicted octanol–water partition coefficient (Wildman–Crippen LogP) is 4.83. The lowest BCUT2D eigenvalue weighted by Crippen LogP contribution is -2.16. The van der Waals surface area contributed by atoms with Crippen LogP contribution in [0.3, 0.4) is 0 Å². The van der Waals surface area contributed by atoms with Gasteiger partial charge in [0.05, 0.1) is 0 Å². The molecule has 5 nitrogen and oxygen atoms in total. The second kappa shape index (κ2) is 8.43. The first kappa shape index (κ1) is 20.1. The molecule has 0 saturated carbocycles. The van der Waals surface area contributed by atoms with Gasteiger partial charge in [0.1, 0.15) is 12.2 Å². The molecule has 1 amide bonds. The number of carbonyl (C=O) groups is 2. The zero-order valence-electron chi connectivity index (χ0n) is 14.3. The lowest BCUT2D eigenvalue weighted by molar-refractivity contribution is -0.139. The van der Waals surface area contributed by atoms with Gasteiger partial charge in [-0.05, 0) is 40.8 Å². The van der Waals surface area contributed by atoms with Gasteiger partial charge in [-0.25, -0.2) is 0 Å². The van der Waals surface area contributed by atoms with Gasteiger partial charge in [0.2, 0.25) is 5.91 Å². The van der Waals surface area contributed by atoms with Crippen LogP contribution in [0.4, 0.5) is 5.69 Å². The van der Waals surface area contributed by atoms with Crippen molar-refractivity contribution in [2.45, 2.75) is 32.6 Å². The van der Waals surface area contributed by atoms with E-state index in [0.29, 0.717) is 27.7 Å². The van der Waals surface area contributed by atoms with Gasteiger partial charge in [-0.2, -0.15) is 0 Å². The minimum Gasteiger partial charge on any atom is -0.508 e.